The molecule has 1 aliphatic rings. The molecule has 0 aliphatic heterocycles. The lowest BCUT2D eigenvalue weighted by Crippen LogP contribution is -2.55. The Labute approximate surface area is 117 Å². The van der Waals surface area contributed by atoms with Crippen LogP contribution in [0.2, 0.25) is 0 Å². The number of aliphatic hydroxyl groups is 1. The van der Waals surface area contributed by atoms with Gasteiger partial charge in [0.25, 0.3) is 0 Å². The van der Waals surface area contributed by atoms with Crippen molar-refractivity contribution in [2.75, 3.05) is 0 Å². The first kappa shape index (κ1) is 17.7. The molecule has 5 unspecified atom stereocenters. The highest BCUT2D eigenvalue weighted by molar-refractivity contribution is 4.98. The van der Waals surface area contributed by atoms with Crippen LogP contribution >= 0.6 is 0 Å². The molecular formula is C14H24F4O2. The molecule has 1 aliphatic carbocycles. The Morgan fingerprint density at radius 3 is 2.00 bits per heavy atom. The summed E-state index contributed by atoms with van der Waals surface area (Å²) >= 11 is 0. The zero-order valence-corrected chi connectivity index (χ0v) is 12.5. The Morgan fingerprint density at radius 2 is 1.65 bits per heavy atom. The molecule has 0 aromatic heterocycles. The Morgan fingerprint density at radius 1 is 1.15 bits per heavy atom. The summed E-state index contributed by atoms with van der Waals surface area (Å²) in [4.78, 5) is 0. The first-order valence-electron chi connectivity index (χ1n) is 6.91. The fourth-order valence-electron chi connectivity index (χ4n) is 3.03. The van der Waals surface area contributed by atoms with E-state index in [0.29, 0.717) is 6.42 Å². The SMILES string of the molecule is CC(C)C1CC(C(C)(C)C)C(OC(F)(F)F)C(F)C1O. The maximum absolute atomic E-state index is 14.3. The smallest absolute Gasteiger partial charge is 0.390 e. The number of rotatable bonds is 2. The molecule has 0 aromatic carbocycles. The number of ether oxygens (including phenoxy) is 1. The minimum Gasteiger partial charge on any atom is -0.390 e. The van der Waals surface area contributed by atoms with Crippen molar-refractivity contribution in [3.63, 3.8) is 0 Å². The summed E-state index contributed by atoms with van der Waals surface area (Å²) in [7, 11) is 0. The van der Waals surface area contributed by atoms with Crippen LogP contribution in [0.3, 0.4) is 0 Å². The van der Waals surface area contributed by atoms with Crippen molar-refractivity contribution in [1.82, 2.24) is 0 Å². The number of aliphatic hydroxyl groups excluding tert-OH is 1. The summed E-state index contributed by atoms with van der Waals surface area (Å²) in [6.45, 7) is 8.99. The highest BCUT2D eigenvalue weighted by atomic mass is 19.4. The van der Waals surface area contributed by atoms with Crippen LogP contribution in [0, 0.1) is 23.2 Å². The summed E-state index contributed by atoms with van der Waals surface area (Å²) in [5.74, 6) is -0.961. The van der Waals surface area contributed by atoms with Gasteiger partial charge in [0, 0.05) is 0 Å². The van der Waals surface area contributed by atoms with Gasteiger partial charge in [-0.15, -0.1) is 13.2 Å². The Balaban J connectivity index is 3.06. The molecule has 0 aromatic rings. The van der Waals surface area contributed by atoms with Gasteiger partial charge in [0.05, 0.1) is 6.10 Å². The van der Waals surface area contributed by atoms with Crippen LogP contribution in [0.1, 0.15) is 41.0 Å². The van der Waals surface area contributed by atoms with Gasteiger partial charge >= 0.3 is 6.36 Å². The van der Waals surface area contributed by atoms with E-state index < -0.39 is 36.1 Å². The number of hydrogen-bond acceptors (Lipinski definition) is 2. The van der Waals surface area contributed by atoms with Gasteiger partial charge in [-0.05, 0) is 29.6 Å². The average Bonchev–Trinajstić information content (AvgIpc) is 2.20. The Bertz CT molecular complexity index is 322. The van der Waals surface area contributed by atoms with E-state index in [-0.39, 0.29) is 11.8 Å². The van der Waals surface area contributed by atoms with Crippen molar-refractivity contribution < 1.29 is 27.4 Å². The van der Waals surface area contributed by atoms with Gasteiger partial charge < -0.3 is 5.11 Å². The van der Waals surface area contributed by atoms with Gasteiger partial charge in [-0.1, -0.05) is 34.6 Å². The standard InChI is InChI=1S/C14H24F4O2/c1-7(2)8-6-9(13(3,4)5)12(10(15)11(8)19)20-14(16,17)18/h7-12,19H,6H2,1-5H3. The fourth-order valence-corrected chi connectivity index (χ4v) is 3.03. The lowest BCUT2D eigenvalue weighted by Gasteiger charge is -2.47. The molecule has 1 rings (SSSR count). The molecule has 6 heteroatoms. The third-order valence-electron chi connectivity index (χ3n) is 4.24. The third-order valence-corrected chi connectivity index (χ3v) is 4.24. The zero-order chi connectivity index (χ0) is 15.9. The van der Waals surface area contributed by atoms with Crippen molar-refractivity contribution in [1.29, 1.82) is 0 Å². The monoisotopic (exact) mass is 300 g/mol. The highest BCUT2D eigenvalue weighted by Gasteiger charge is 2.53. The van der Waals surface area contributed by atoms with E-state index in [4.69, 9.17) is 0 Å². The van der Waals surface area contributed by atoms with E-state index in [0.717, 1.165) is 0 Å². The van der Waals surface area contributed by atoms with E-state index in [1.165, 1.54) is 0 Å². The molecular weight excluding hydrogens is 276 g/mol. The molecule has 0 spiro atoms. The second-order valence-electron chi connectivity index (χ2n) is 7.08. The second kappa shape index (κ2) is 5.79. The largest absolute Gasteiger partial charge is 0.522 e. The van der Waals surface area contributed by atoms with Gasteiger partial charge in [-0.25, -0.2) is 4.39 Å². The minimum absolute atomic E-state index is 0.0000586. The minimum atomic E-state index is -4.90. The summed E-state index contributed by atoms with van der Waals surface area (Å²) in [6.07, 6.45) is -9.67. The molecule has 5 atom stereocenters. The average molecular weight is 300 g/mol. The molecule has 1 fully saturated rings. The van der Waals surface area contributed by atoms with E-state index in [1.54, 1.807) is 20.8 Å². The molecule has 2 nitrogen and oxygen atoms in total. The summed E-state index contributed by atoms with van der Waals surface area (Å²) in [6, 6.07) is 0. The van der Waals surface area contributed by atoms with E-state index in [2.05, 4.69) is 4.74 Å². The van der Waals surface area contributed by atoms with Crippen molar-refractivity contribution in [2.24, 2.45) is 23.2 Å². The van der Waals surface area contributed by atoms with Crippen LogP contribution in [0.4, 0.5) is 17.6 Å². The highest BCUT2D eigenvalue weighted by Crippen LogP contribution is 2.46. The molecule has 1 saturated carbocycles. The number of hydrogen-bond donors (Lipinski definition) is 1. The second-order valence-corrected chi connectivity index (χ2v) is 7.08. The quantitative estimate of drug-likeness (QED) is 0.783. The summed E-state index contributed by atoms with van der Waals surface area (Å²) in [5.41, 5.74) is -0.534. The van der Waals surface area contributed by atoms with Gasteiger partial charge in [0.15, 0.2) is 6.17 Å². The molecule has 20 heavy (non-hydrogen) atoms. The first-order chi connectivity index (χ1) is 8.84. The number of halogens is 4. The van der Waals surface area contributed by atoms with Crippen LogP contribution in [-0.2, 0) is 4.74 Å². The van der Waals surface area contributed by atoms with Gasteiger partial charge in [-0.3, -0.25) is 4.74 Å². The normalized spacial score (nSPS) is 36.5. The Kier molecular flexibility index (Phi) is 5.12. The zero-order valence-electron chi connectivity index (χ0n) is 12.5. The lowest BCUT2D eigenvalue weighted by atomic mass is 9.63. The predicted octanol–water partition coefficient (Wildman–Crippen LogP) is 3.93. The molecule has 0 amide bonds. The van der Waals surface area contributed by atoms with Crippen molar-refractivity contribution in [3.05, 3.63) is 0 Å². The summed E-state index contributed by atoms with van der Waals surface area (Å²) in [5, 5.41) is 9.94. The van der Waals surface area contributed by atoms with E-state index in [9.17, 15) is 22.7 Å². The maximum atomic E-state index is 14.3. The van der Waals surface area contributed by atoms with Crippen LogP contribution < -0.4 is 0 Å². The topological polar surface area (TPSA) is 29.5 Å². The lowest BCUT2D eigenvalue weighted by molar-refractivity contribution is -0.366. The molecule has 0 saturated heterocycles. The first-order valence-corrected chi connectivity index (χ1v) is 6.91. The van der Waals surface area contributed by atoms with Gasteiger partial charge in [0.2, 0.25) is 0 Å². The fraction of sp³-hybridized carbons (Fsp3) is 1.00. The van der Waals surface area contributed by atoms with E-state index >= 15 is 0 Å². The van der Waals surface area contributed by atoms with Gasteiger partial charge in [0.1, 0.15) is 6.10 Å². The van der Waals surface area contributed by atoms with Crippen LogP contribution in [0.25, 0.3) is 0 Å². The number of alkyl halides is 4. The van der Waals surface area contributed by atoms with Crippen LogP contribution in [-0.4, -0.2) is 29.8 Å². The molecule has 0 bridgehead atoms. The summed E-state index contributed by atoms with van der Waals surface area (Å²) < 4.78 is 55.7. The molecule has 120 valence electrons. The molecule has 0 heterocycles. The van der Waals surface area contributed by atoms with Crippen molar-refractivity contribution in [2.45, 2.75) is 65.8 Å². The third kappa shape index (κ3) is 4.07. The predicted molar refractivity (Wildman–Crippen MR) is 67.7 cm³/mol. The van der Waals surface area contributed by atoms with Crippen LogP contribution in [0.15, 0.2) is 0 Å². The Hall–Kier alpha value is -0.360. The van der Waals surface area contributed by atoms with Gasteiger partial charge in [-0.2, -0.15) is 0 Å². The van der Waals surface area contributed by atoms with Crippen LogP contribution in [0.5, 0.6) is 0 Å². The van der Waals surface area contributed by atoms with Crippen molar-refractivity contribution in [3.8, 4) is 0 Å². The molecule has 0 radical (unpaired) electrons. The van der Waals surface area contributed by atoms with E-state index in [1.807, 2.05) is 13.8 Å². The van der Waals surface area contributed by atoms with Crippen molar-refractivity contribution >= 4 is 0 Å². The maximum Gasteiger partial charge on any atom is 0.522 e. The molecule has 1 N–H and O–H groups in total.